The highest BCUT2D eigenvalue weighted by atomic mass is 16.4. The largest absolute Gasteiger partial charge is 0.441 e. The maximum Gasteiger partial charge on any atom is 0.226 e. The van der Waals surface area contributed by atoms with Crippen molar-refractivity contribution in [3.05, 3.63) is 71.6 Å². The van der Waals surface area contributed by atoms with Crippen molar-refractivity contribution in [2.45, 2.75) is 40.0 Å². The van der Waals surface area contributed by atoms with Gasteiger partial charge in [-0.3, -0.25) is 4.79 Å². The van der Waals surface area contributed by atoms with Crippen LogP contribution >= 0.6 is 0 Å². The number of para-hydroxylation sites is 1. The molecule has 0 aliphatic rings. The molecule has 5 heteroatoms. The number of amides is 1. The Kier molecular flexibility index (Phi) is 7.66. The summed E-state index contributed by atoms with van der Waals surface area (Å²) in [4.78, 5) is 19.1. The van der Waals surface area contributed by atoms with Crippen molar-refractivity contribution in [2.24, 2.45) is 0 Å². The molecule has 2 aromatic carbocycles. The lowest BCUT2D eigenvalue weighted by molar-refractivity contribution is -0.121. The molecule has 158 valence electrons. The number of carbonyl (C=O) groups excluding carboxylic acids is 1. The lowest BCUT2D eigenvalue weighted by Crippen LogP contribution is -2.34. The number of aryl methyl sites for hydroxylation is 3. The first-order valence-electron chi connectivity index (χ1n) is 10.7. The van der Waals surface area contributed by atoms with Gasteiger partial charge in [-0.2, -0.15) is 0 Å². The summed E-state index contributed by atoms with van der Waals surface area (Å²) in [5.74, 6) is 1.55. The van der Waals surface area contributed by atoms with Gasteiger partial charge in [-0.1, -0.05) is 35.9 Å². The molecule has 5 nitrogen and oxygen atoms in total. The molecule has 0 unspecified atom stereocenters. The molecule has 0 fully saturated rings. The first kappa shape index (κ1) is 21.6. The third-order valence-corrected chi connectivity index (χ3v) is 5.22. The van der Waals surface area contributed by atoms with Crippen LogP contribution in [0.1, 0.15) is 36.8 Å². The normalized spacial score (nSPS) is 10.8. The predicted molar refractivity (Wildman–Crippen MR) is 122 cm³/mol. The summed E-state index contributed by atoms with van der Waals surface area (Å²) in [6.07, 6.45) is 1.98. The quantitative estimate of drug-likeness (QED) is 0.520. The molecule has 30 heavy (non-hydrogen) atoms. The Morgan fingerprint density at radius 3 is 2.50 bits per heavy atom. The maximum absolute atomic E-state index is 12.2. The molecule has 0 atom stereocenters. The van der Waals surface area contributed by atoms with Crippen LogP contribution in [0.4, 0.5) is 5.69 Å². The van der Waals surface area contributed by atoms with E-state index in [2.05, 4.69) is 53.3 Å². The molecule has 0 saturated carbocycles. The Hall–Kier alpha value is -3.08. The zero-order chi connectivity index (χ0) is 21.3. The number of rotatable bonds is 10. The topological polar surface area (TPSA) is 58.4 Å². The van der Waals surface area contributed by atoms with E-state index in [0.29, 0.717) is 18.9 Å². The molecule has 1 aromatic heterocycles. The SMILES string of the molecule is CCN(CCNC(=O)CCCc1nc(-c2ccc(C)cc2)oc1C)c1ccccc1. The number of nitrogens with zero attached hydrogens (tertiary/aromatic N) is 2. The monoisotopic (exact) mass is 405 g/mol. The lowest BCUT2D eigenvalue weighted by Gasteiger charge is -2.23. The van der Waals surface area contributed by atoms with Gasteiger partial charge < -0.3 is 14.6 Å². The Morgan fingerprint density at radius 1 is 1.07 bits per heavy atom. The van der Waals surface area contributed by atoms with Crippen LogP contribution in [0.2, 0.25) is 0 Å². The van der Waals surface area contributed by atoms with Gasteiger partial charge in [0.15, 0.2) is 0 Å². The molecule has 1 heterocycles. The lowest BCUT2D eigenvalue weighted by atomic mass is 10.1. The van der Waals surface area contributed by atoms with Gasteiger partial charge in [0.2, 0.25) is 11.8 Å². The number of likely N-dealkylation sites (N-methyl/N-ethyl adjacent to an activating group) is 1. The number of nitrogens with one attached hydrogen (secondary N) is 1. The fourth-order valence-corrected chi connectivity index (χ4v) is 3.42. The minimum Gasteiger partial charge on any atom is -0.441 e. The van der Waals surface area contributed by atoms with E-state index >= 15 is 0 Å². The summed E-state index contributed by atoms with van der Waals surface area (Å²) in [5, 5.41) is 3.03. The zero-order valence-electron chi connectivity index (χ0n) is 18.1. The molecule has 0 bridgehead atoms. The van der Waals surface area contributed by atoms with Crippen molar-refractivity contribution in [3.63, 3.8) is 0 Å². The Labute approximate surface area is 179 Å². The van der Waals surface area contributed by atoms with E-state index in [4.69, 9.17) is 4.42 Å². The Morgan fingerprint density at radius 2 is 1.80 bits per heavy atom. The van der Waals surface area contributed by atoms with E-state index in [1.165, 1.54) is 11.3 Å². The number of oxazole rings is 1. The molecule has 1 amide bonds. The van der Waals surface area contributed by atoms with Crippen molar-refractivity contribution < 1.29 is 9.21 Å². The number of benzene rings is 2. The molecule has 1 N–H and O–H groups in total. The Balaban J connectivity index is 1.42. The smallest absolute Gasteiger partial charge is 0.226 e. The van der Waals surface area contributed by atoms with E-state index in [0.717, 1.165) is 42.9 Å². The molecule has 0 saturated heterocycles. The zero-order valence-corrected chi connectivity index (χ0v) is 18.1. The van der Waals surface area contributed by atoms with E-state index in [1.54, 1.807) is 0 Å². The van der Waals surface area contributed by atoms with E-state index < -0.39 is 0 Å². The molecule has 3 rings (SSSR count). The van der Waals surface area contributed by atoms with Gasteiger partial charge in [-0.05, 0) is 57.9 Å². The fourth-order valence-electron chi connectivity index (χ4n) is 3.42. The van der Waals surface area contributed by atoms with Gasteiger partial charge in [0.05, 0.1) is 5.69 Å². The highest BCUT2D eigenvalue weighted by molar-refractivity contribution is 5.75. The van der Waals surface area contributed by atoms with Crippen LogP contribution in [0.5, 0.6) is 0 Å². The van der Waals surface area contributed by atoms with Gasteiger partial charge in [-0.15, -0.1) is 0 Å². The second-order valence-electron chi connectivity index (χ2n) is 7.51. The standard InChI is InChI=1S/C25H31N3O2/c1-4-28(22-9-6-5-7-10-22)18-17-26-24(29)12-8-11-23-20(3)30-25(27-23)21-15-13-19(2)14-16-21/h5-7,9-10,13-16H,4,8,11-12,17-18H2,1-3H3,(H,26,29). The van der Waals surface area contributed by atoms with Crippen LogP contribution in [-0.2, 0) is 11.2 Å². The van der Waals surface area contributed by atoms with Crippen molar-refractivity contribution in [2.75, 3.05) is 24.5 Å². The van der Waals surface area contributed by atoms with Crippen LogP contribution in [-0.4, -0.2) is 30.5 Å². The molecule has 3 aromatic rings. The molecular weight excluding hydrogens is 374 g/mol. The van der Waals surface area contributed by atoms with E-state index in [9.17, 15) is 4.79 Å². The van der Waals surface area contributed by atoms with Crippen molar-refractivity contribution in [3.8, 4) is 11.5 Å². The second kappa shape index (κ2) is 10.6. The maximum atomic E-state index is 12.2. The van der Waals surface area contributed by atoms with Crippen molar-refractivity contribution in [1.29, 1.82) is 0 Å². The third-order valence-electron chi connectivity index (χ3n) is 5.22. The highest BCUT2D eigenvalue weighted by Gasteiger charge is 2.12. The average Bonchev–Trinajstić information content (AvgIpc) is 3.13. The van der Waals surface area contributed by atoms with Crippen LogP contribution in [0.25, 0.3) is 11.5 Å². The summed E-state index contributed by atoms with van der Waals surface area (Å²) in [5.41, 5.74) is 4.30. The minimum atomic E-state index is 0.0824. The minimum absolute atomic E-state index is 0.0824. The van der Waals surface area contributed by atoms with Crippen molar-refractivity contribution >= 4 is 11.6 Å². The number of hydrogen-bond donors (Lipinski definition) is 1. The first-order chi connectivity index (χ1) is 14.6. The summed E-state index contributed by atoms with van der Waals surface area (Å²) in [7, 11) is 0. The number of carbonyl (C=O) groups is 1. The third kappa shape index (κ3) is 5.96. The second-order valence-corrected chi connectivity index (χ2v) is 7.51. The van der Waals surface area contributed by atoms with Crippen LogP contribution in [0, 0.1) is 13.8 Å². The number of hydrogen-bond acceptors (Lipinski definition) is 4. The molecular formula is C25H31N3O2. The van der Waals surface area contributed by atoms with E-state index in [-0.39, 0.29) is 5.91 Å². The van der Waals surface area contributed by atoms with Crippen LogP contribution in [0.3, 0.4) is 0 Å². The number of aromatic nitrogens is 1. The van der Waals surface area contributed by atoms with Gasteiger partial charge in [0.25, 0.3) is 0 Å². The molecule has 0 aliphatic heterocycles. The van der Waals surface area contributed by atoms with Crippen LogP contribution in [0.15, 0.2) is 59.0 Å². The Bertz CT molecular complexity index is 933. The average molecular weight is 406 g/mol. The molecule has 0 aliphatic carbocycles. The highest BCUT2D eigenvalue weighted by Crippen LogP contribution is 2.23. The number of anilines is 1. The van der Waals surface area contributed by atoms with Gasteiger partial charge in [0, 0.05) is 37.3 Å². The first-order valence-corrected chi connectivity index (χ1v) is 10.7. The van der Waals surface area contributed by atoms with Gasteiger partial charge in [0.1, 0.15) is 5.76 Å². The molecule has 0 radical (unpaired) electrons. The summed E-state index contributed by atoms with van der Waals surface area (Å²) in [6, 6.07) is 18.4. The van der Waals surface area contributed by atoms with Crippen molar-refractivity contribution in [1.82, 2.24) is 10.3 Å². The van der Waals surface area contributed by atoms with Crippen LogP contribution < -0.4 is 10.2 Å². The van der Waals surface area contributed by atoms with Gasteiger partial charge >= 0.3 is 0 Å². The fraction of sp³-hybridized carbons (Fsp3) is 0.360. The van der Waals surface area contributed by atoms with E-state index in [1.807, 2.05) is 37.3 Å². The summed E-state index contributed by atoms with van der Waals surface area (Å²) >= 11 is 0. The summed E-state index contributed by atoms with van der Waals surface area (Å²) in [6.45, 7) is 8.47. The summed E-state index contributed by atoms with van der Waals surface area (Å²) < 4.78 is 5.83. The molecule has 0 spiro atoms. The predicted octanol–water partition coefficient (Wildman–Crippen LogP) is 4.92. The van der Waals surface area contributed by atoms with Gasteiger partial charge in [-0.25, -0.2) is 4.98 Å².